The van der Waals surface area contributed by atoms with Gasteiger partial charge in [0.05, 0.1) is 26.4 Å². The number of rotatable bonds is 70. The fourth-order valence-corrected chi connectivity index (χ4v) is 12.2. The number of aliphatic hydroxyl groups is 1. The van der Waals surface area contributed by atoms with Crippen molar-refractivity contribution < 1.29 is 80.2 Å². The van der Waals surface area contributed by atoms with Crippen LogP contribution in [0.5, 0.6) is 0 Å². The van der Waals surface area contributed by atoms with E-state index in [0.717, 1.165) is 95.8 Å². The molecule has 6 atom stereocenters. The van der Waals surface area contributed by atoms with E-state index in [2.05, 4.69) is 34.6 Å². The van der Waals surface area contributed by atoms with Gasteiger partial charge in [0.2, 0.25) is 0 Å². The Hall–Kier alpha value is -1.94. The number of carbonyl (C=O) groups excluding carboxylic acids is 4. The molecule has 0 aliphatic rings. The van der Waals surface area contributed by atoms with Crippen LogP contribution in [-0.4, -0.2) is 96.7 Å². The molecule has 0 bridgehead atoms. The van der Waals surface area contributed by atoms with E-state index in [-0.39, 0.29) is 25.7 Å². The summed E-state index contributed by atoms with van der Waals surface area (Å²) in [6.07, 6.45) is 49.8. The first kappa shape index (κ1) is 87.1. The molecule has 0 aliphatic carbocycles. The van der Waals surface area contributed by atoms with Crippen molar-refractivity contribution in [2.75, 3.05) is 39.6 Å². The van der Waals surface area contributed by atoms with Gasteiger partial charge in [-0.15, -0.1) is 0 Å². The summed E-state index contributed by atoms with van der Waals surface area (Å²) in [4.78, 5) is 72.5. The molecule has 19 heteroatoms. The molecule has 528 valence electrons. The molecule has 0 spiro atoms. The molecule has 0 aromatic heterocycles. The second kappa shape index (κ2) is 63.5. The van der Waals surface area contributed by atoms with E-state index in [1.54, 1.807) is 0 Å². The molecule has 0 aromatic rings. The van der Waals surface area contributed by atoms with Crippen LogP contribution in [0.25, 0.3) is 0 Å². The predicted molar refractivity (Wildman–Crippen MR) is 358 cm³/mol. The first-order valence-electron chi connectivity index (χ1n) is 36.7. The van der Waals surface area contributed by atoms with Gasteiger partial charge in [-0.2, -0.15) is 0 Å². The normalized spacial score (nSPS) is 14.4. The van der Waals surface area contributed by atoms with E-state index >= 15 is 0 Å². The number of carbonyl (C=O) groups is 4. The van der Waals surface area contributed by atoms with Crippen molar-refractivity contribution in [2.45, 2.75) is 380 Å². The SMILES string of the molecule is CCCCCCCCCCCCCCCCCCC(=O)O[C@H](COC(=O)CCCCCCCCCCC(C)CC)COP(=O)(O)OC[C@@H](O)COP(=O)(O)OC[C@@H](COC(=O)CCCCCCCCCCC)OC(=O)CCCCCCCCCCCCCC. The molecular formula is C70H136O17P2. The van der Waals surface area contributed by atoms with E-state index in [0.29, 0.717) is 25.7 Å². The molecule has 0 amide bonds. The Morgan fingerprint density at radius 1 is 0.315 bits per heavy atom. The minimum absolute atomic E-state index is 0.107. The zero-order valence-corrected chi connectivity index (χ0v) is 59.4. The Kier molecular flexibility index (Phi) is 62.1. The second-order valence-electron chi connectivity index (χ2n) is 25.5. The molecule has 3 unspecified atom stereocenters. The molecule has 0 fully saturated rings. The first-order valence-corrected chi connectivity index (χ1v) is 39.7. The van der Waals surface area contributed by atoms with Crippen molar-refractivity contribution in [3.8, 4) is 0 Å². The van der Waals surface area contributed by atoms with E-state index in [4.69, 9.17) is 37.0 Å². The van der Waals surface area contributed by atoms with Gasteiger partial charge in [0, 0.05) is 25.7 Å². The third-order valence-electron chi connectivity index (χ3n) is 16.6. The van der Waals surface area contributed by atoms with Crippen LogP contribution in [0.15, 0.2) is 0 Å². The average molecular weight is 1310 g/mol. The van der Waals surface area contributed by atoms with Crippen molar-refractivity contribution in [3.05, 3.63) is 0 Å². The summed E-state index contributed by atoms with van der Waals surface area (Å²) in [5.74, 6) is -1.34. The maximum Gasteiger partial charge on any atom is 0.472 e. The third-order valence-corrected chi connectivity index (χ3v) is 18.5. The topological polar surface area (TPSA) is 237 Å². The number of phosphoric acid groups is 2. The molecule has 3 N–H and O–H groups in total. The number of hydrogen-bond donors (Lipinski definition) is 3. The van der Waals surface area contributed by atoms with Crippen LogP contribution >= 0.6 is 15.6 Å². The van der Waals surface area contributed by atoms with E-state index in [1.807, 2.05) is 0 Å². The maximum atomic E-state index is 13.0. The lowest BCUT2D eigenvalue weighted by molar-refractivity contribution is -0.161. The summed E-state index contributed by atoms with van der Waals surface area (Å²) < 4.78 is 68.3. The summed E-state index contributed by atoms with van der Waals surface area (Å²) >= 11 is 0. The lowest BCUT2D eigenvalue weighted by Gasteiger charge is -2.21. The minimum Gasteiger partial charge on any atom is -0.462 e. The monoisotopic (exact) mass is 1310 g/mol. The largest absolute Gasteiger partial charge is 0.472 e. The molecule has 0 aromatic carbocycles. The summed E-state index contributed by atoms with van der Waals surface area (Å²) in [6.45, 7) is 7.24. The van der Waals surface area contributed by atoms with Gasteiger partial charge >= 0.3 is 39.5 Å². The Bertz CT molecular complexity index is 1720. The van der Waals surface area contributed by atoms with Gasteiger partial charge in [-0.05, 0) is 31.6 Å². The number of ether oxygens (including phenoxy) is 4. The van der Waals surface area contributed by atoms with Crippen LogP contribution in [0.3, 0.4) is 0 Å². The lowest BCUT2D eigenvalue weighted by Crippen LogP contribution is -2.30. The number of phosphoric ester groups is 2. The molecule has 0 heterocycles. The summed E-state index contributed by atoms with van der Waals surface area (Å²) in [5.41, 5.74) is 0. The van der Waals surface area contributed by atoms with Gasteiger partial charge in [-0.3, -0.25) is 37.3 Å². The fraction of sp³-hybridized carbons (Fsp3) is 0.943. The zero-order valence-electron chi connectivity index (χ0n) is 57.6. The molecule has 89 heavy (non-hydrogen) atoms. The highest BCUT2D eigenvalue weighted by Gasteiger charge is 2.30. The molecule has 0 saturated heterocycles. The summed E-state index contributed by atoms with van der Waals surface area (Å²) in [5, 5.41) is 10.6. The number of unbranched alkanes of at least 4 members (excludes halogenated alkanes) is 41. The van der Waals surface area contributed by atoms with Crippen LogP contribution in [0, 0.1) is 5.92 Å². The molecular weight excluding hydrogens is 1170 g/mol. The second-order valence-corrected chi connectivity index (χ2v) is 28.4. The summed E-state index contributed by atoms with van der Waals surface area (Å²) in [7, 11) is -9.90. The quantitative estimate of drug-likeness (QED) is 0.0222. The van der Waals surface area contributed by atoms with Crippen LogP contribution in [-0.2, 0) is 65.4 Å². The van der Waals surface area contributed by atoms with Gasteiger partial charge in [0.25, 0.3) is 0 Å². The predicted octanol–water partition coefficient (Wildman–Crippen LogP) is 20.1. The van der Waals surface area contributed by atoms with Gasteiger partial charge < -0.3 is 33.8 Å². The third kappa shape index (κ3) is 63.2. The highest BCUT2D eigenvalue weighted by molar-refractivity contribution is 7.47. The smallest absolute Gasteiger partial charge is 0.462 e. The Labute approximate surface area is 543 Å². The van der Waals surface area contributed by atoms with Gasteiger partial charge in [0.1, 0.15) is 19.3 Å². The van der Waals surface area contributed by atoms with Gasteiger partial charge in [0.15, 0.2) is 12.2 Å². The Morgan fingerprint density at radius 3 is 0.798 bits per heavy atom. The summed E-state index contributed by atoms with van der Waals surface area (Å²) in [6, 6.07) is 0. The van der Waals surface area contributed by atoms with E-state index in [1.165, 1.54) is 186 Å². The highest BCUT2D eigenvalue weighted by Crippen LogP contribution is 2.45. The van der Waals surface area contributed by atoms with Crippen LogP contribution in [0.4, 0.5) is 0 Å². The molecule has 0 rings (SSSR count). The van der Waals surface area contributed by atoms with Crippen molar-refractivity contribution in [1.29, 1.82) is 0 Å². The zero-order chi connectivity index (χ0) is 65.6. The Balaban J connectivity index is 5.24. The first-order chi connectivity index (χ1) is 43.1. The molecule has 17 nitrogen and oxygen atoms in total. The van der Waals surface area contributed by atoms with Crippen LogP contribution in [0.1, 0.15) is 362 Å². The van der Waals surface area contributed by atoms with Crippen LogP contribution < -0.4 is 0 Å². The Morgan fingerprint density at radius 2 is 0.539 bits per heavy atom. The molecule has 0 radical (unpaired) electrons. The van der Waals surface area contributed by atoms with Gasteiger partial charge in [-0.1, -0.05) is 311 Å². The van der Waals surface area contributed by atoms with Gasteiger partial charge in [-0.25, -0.2) is 9.13 Å². The lowest BCUT2D eigenvalue weighted by atomic mass is 9.99. The number of aliphatic hydroxyl groups excluding tert-OH is 1. The molecule has 0 aliphatic heterocycles. The number of hydrogen-bond acceptors (Lipinski definition) is 15. The fourth-order valence-electron chi connectivity index (χ4n) is 10.6. The minimum atomic E-state index is -4.95. The average Bonchev–Trinajstić information content (AvgIpc) is 3.69. The van der Waals surface area contributed by atoms with E-state index < -0.39 is 97.5 Å². The van der Waals surface area contributed by atoms with Crippen molar-refractivity contribution in [1.82, 2.24) is 0 Å². The standard InChI is InChI=1S/C70H136O17P2/c1-6-10-13-16-19-22-24-26-27-28-29-31-34-41-46-51-56-70(75)87-66(60-81-68(73)54-49-44-39-36-35-37-42-47-52-63(5)9-4)62-85-89(78,79)83-58-64(71)57-82-88(76,77)84-61-65(59-80-67(72)53-48-43-38-32-21-18-15-12-8-3)86-69(74)55-50-45-40-33-30-25-23-20-17-14-11-7-2/h63-66,71H,6-62H2,1-5H3,(H,76,77)(H,78,79)/t63?,64-,65+,66+/m0/s1. The maximum absolute atomic E-state index is 13.0. The van der Waals surface area contributed by atoms with Crippen LogP contribution in [0.2, 0.25) is 0 Å². The highest BCUT2D eigenvalue weighted by atomic mass is 31.2. The molecule has 0 saturated carbocycles. The number of esters is 4. The van der Waals surface area contributed by atoms with Crippen molar-refractivity contribution in [2.24, 2.45) is 5.92 Å². The van der Waals surface area contributed by atoms with E-state index in [9.17, 15) is 43.2 Å². The van der Waals surface area contributed by atoms with Crippen molar-refractivity contribution in [3.63, 3.8) is 0 Å². The van der Waals surface area contributed by atoms with Crippen molar-refractivity contribution >= 4 is 39.5 Å².